The molecule has 7 nitrogen and oxygen atoms in total. The molecule has 0 fully saturated rings. The van der Waals surface area contributed by atoms with Gasteiger partial charge in [-0.3, -0.25) is 14.8 Å². The van der Waals surface area contributed by atoms with Crippen LogP contribution in [0.15, 0.2) is 48.5 Å². The third kappa shape index (κ3) is 3.93. The van der Waals surface area contributed by atoms with Crippen molar-refractivity contribution >= 4 is 21.4 Å². The second kappa shape index (κ2) is 5.80. The Hall–Kier alpha value is -2.61. The first-order valence-electron chi connectivity index (χ1n) is 5.89. The molecule has 0 radical (unpaired) electrons. The van der Waals surface area contributed by atoms with E-state index in [1.54, 1.807) is 30.3 Å². The summed E-state index contributed by atoms with van der Waals surface area (Å²) in [6.45, 7) is 0. The van der Waals surface area contributed by atoms with E-state index in [1.807, 2.05) is 0 Å². The van der Waals surface area contributed by atoms with Gasteiger partial charge < -0.3 is 5.11 Å². The van der Waals surface area contributed by atoms with Gasteiger partial charge in [0.05, 0.1) is 22.4 Å². The summed E-state index contributed by atoms with van der Waals surface area (Å²) >= 11 is 0. The first-order chi connectivity index (χ1) is 9.87. The standard InChI is InChI=1S/C13H12N2O5S/c16-13-8-11(15(17)18)6-7-12(13)14-21(19,20)9-10-4-2-1-3-5-10/h1-8,14,16H,9H2. The zero-order valence-electron chi connectivity index (χ0n) is 10.8. The molecule has 2 aromatic rings. The van der Waals surface area contributed by atoms with Gasteiger partial charge in [0.2, 0.25) is 10.0 Å². The van der Waals surface area contributed by atoms with Crippen molar-refractivity contribution in [2.24, 2.45) is 0 Å². The molecule has 0 amide bonds. The molecule has 2 N–H and O–H groups in total. The number of sulfonamides is 1. The van der Waals surface area contributed by atoms with Crippen LogP contribution in [0.3, 0.4) is 0 Å². The molecule has 0 heterocycles. The summed E-state index contributed by atoms with van der Waals surface area (Å²) in [7, 11) is -3.72. The monoisotopic (exact) mass is 308 g/mol. The highest BCUT2D eigenvalue weighted by Gasteiger charge is 2.16. The summed E-state index contributed by atoms with van der Waals surface area (Å²) in [6.07, 6.45) is 0. The minimum atomic E-state index is -3.72. The summed E-state index contributed by atoms with van der Waals surface area (Å²) < 4.78 is 26.2. The average molecular weight is 308 g/mol. The number of phenolic OH excluding ortho intramolecular Hbond substituents is 1. The summed E-state index contributed by atoms with van der Waals surface area (Å²) in [6, 6.07) is 11.7. The van der Waals surface area contributed by atoms with Crippen LogP contribution in [0, 0.1) is 10.1 Å². The normalized spacial score (nSPS) is 11.0. The molecule has 0 saturated carbocycles. The van der Waals surface area contributed by atoms with Gasteiger partial charge >= 0.3 is 0 Å². The van der Waals surface area contributed by atoms with Crippen molar-refractivity contribution in [3.63, 3.8) is 0 Å². The number of nitro groups is 1. The molecular formula is C13H12N2O5S. The topological polar surface area (TPSA) is 110 Å². The smallest absolute Gasteiger partial charge is 0.273 e. The van der Waals surface area contributed by atoms with Crippen LogP contribution in [0.2, 0.25) is 0 Å². The Bertz CT molecular complexity index is 759. The molecule has 0 bridgehead atoms. The zero-order valence-corrected chi connectivity index (χ0v) is 11.6. The van der Waals surface area contributed by atoms with Gasteiger partial charge in [-0.05, 0) is 11.6 Å². The van der Waals surface area contributed by atoms with Gasteiger partial charge in [0, 0.05) is 6.07 Å². The number of hydrogen-bond acceptors (Lipinski definition) is 5. The number of nitro benzene ring substituents is 1. The van der Waals surface area contributed by atoms with Crippen molar-refractivity contribution in [2.75, 3.05) is 4.72 Å². The Morgan fingerprint density at radius 2 is 1.81 bits per heavy atom. The molecule has 0 aliphatic heterocycles. The van der Waals surface area contributed by atoms with Gasteiger partial charge in [-0.25, -0.2) is 8.42 Å². The Kier molecular flexibility index (Phi) is 4.08. The lowest BCUT2D eigenvalue weighted by atomic mass is 10.2. The maximum atomic E-state index is 12.0. The van der Waals surface area contributed by atoms with Crippen molar-refractivity contribution in [1.29, 1.82) is 0 Å². The fourth-order valence-corrected chi connectivity index (χ4v) is 2.93. The van der Waals surface area contributed by atoms with Crippen LogP contribution >= 0.6 is 0 Å². The van der Waals surface area contributed by atoms with Gasteiger partial charge in [-0.1, -0.05) is 30.3 Å². The van der Waals surface area contributed by atoms with Gasteiger partial charge in [0.15, 0.2) is 0 Å². The maximum absolute atomic E-state index is 12.0. The fourth-order valence-electron chi connectivity index (χ4n) is 1.72. The summed E-state index contributed by atoms with van der Waals surface area (Å²) in [5, 5.41) is 20.2. The first-order valence-corrected chi connectivity index (χ1v) is 7.54. The third-order valence-electron chi connectivity index (χ3n) is 2.66. The second-order valence-electron chi connectivity index (χ2n) is 4.31. The van der Waals surface area contributed by atoms with Gasteiger partial charge in [-0.2, -0.15) is 0 Å². The van der Waals surface area contributed by atoms with Crippen LogP contribution < -0.4 is 4.72 Å². The van der Waals surface area contributed by atoms with Crippen LogP contribution in [0.1, 0.15) is 5.56 Å². The molecule has 0 saturated heterocycles. The van der Waals surface area contributed by atoms with Crippen molar-refractivity contribution in [3.05, 3.63) is 64.2 Å². The SMILES string of the molecule is O=[N+]([O-])c1ccc(NS(=O)(=O)Cc2ccccc2)c(O)c1. The highest BCUT2D eigenvalue weighted by Crippen LogP contribution is 2.29. The third-order valence-corrected chi connectivity index (χ3v) is 3.90. The van der Waals surface area contributed by atoms with Crippen molar-refractivity contribution in [1.82, 2.24) is 0 Å². The van der Waals surface area contributed by atoms with Crippen molar-refractivity contribution in [3.8, 4) is 5.75 Å². The van der Waals surface area contributed by atoms with E-state index in [0.717, 1.165) is 18.2 Å². The van der Waals surface area contributed by atoms with Gasteiger partial charge in [-0.15, -0.1) is 0 Å². The highest BCUT2D eigenvalue weighted by molar-refractivity contribution is 7.91. The molecule has 0 aliphatic carbocycles. The molecule has 0 aromatic heterocycles. The Labute approximate surface area is 121 Å². The molecule has 0 unspecified atom stereocenters. The van der Waals surface area contributed by atoms with Gasteiger partial charge in [0.25, 0.3) is 5.69 Å². The average Bonchev–Trinajstić information content (AvgIpc) is 2.41. The lowest BCUT2D eigenvalue weighted by Crippen LogP contribution is -2.15. The summed E-state index contributed by atoms with van der Waals surface area (Å²) in [5.41, 5.74) is 0.168. The second-order valence-corrected chi connectivity index (χ2v) is 6.03. The highest BCUT2D eigenvalue weighted by atomic mass is 32.2. The number of nitrogens with zero attached hydrogens (tertiary/aromatic N) is 1. The molecule has 21 heavy (non-hydrogen) atoms. The van der Waals surface area contributed by atoms with E-state index >= 15 is 0 Å². The Morgan fingerprint density at radius 3 is 2.38 bits per heavy atom. The van der Waals surface area contributed by atoms with Crippen LogP contribution in [0.5, 0.6) is 5.75 Å². The quantitative estimate of drug-likeness (QED) is 0.500. The summed E-state index contributed by atoms with van der Waals surface area (Å²) in [5.74, 6) is -0.759. The van der Waals surface area contributed by atoms with E-state index in [2.05, 4.69) is 4.72 Å². The number of phenols is 1. The molecule has 2 rings (SSSR count). The Balaban J connectivity index is 2.19. The van der Waals surface area contributed by atoms with Crippen LogP contribution in [-0.4, -0.2) is 18.4 Å². The minimum absolute atomic E-state index is 0.100. The lowest BCUT2D eigenvalue weighted by molar-refractivity contribution is -0.384. The molecule has 8 heteroatoms. The number of nitrogens with one attached hydrogen (secondary N) is 1. The maximum Gasteiger partial charge on any atom is 0.273 e. The van der Waals surface area contributed by atoms with Crippen LogP contribution in [-0.2, 0) is 15.8 Å². The van der Waals surface area contributed by atoms with E-state index in [0.29, 0.717) is 5.56 Å². The zero-order chi connectivity index (χ0) is 15.5. The largest absolute Gasteiger partial charge is 0.505 e. The number of non-ortho nitro benzene ring substituents is 1. The Morgan fingerprint density at radius 1 is 1.14 bits per heavy atom. The van der Waals surface area contributed by atoms with Gasteiger partial charge in [0.1, 0.15) is 5.75 Å². The van der Waals surface area contributed by atoms with E-state index < -0.39 is 20.7 Å². The number of benzene rings is 2. The summed E-state index contributed by atoms with van der Waals surface area (Å²) in [4.78, 5) is 9.87. The van der Waals surface area contributed by atoms with Crippen molar-refractivity contribution < 1.29 is 18.4 Å². The van der Waals surface area contributed by atoms with Crippen LogP contribution in [0.25, 0.3) is 0 Å². The first kappa shape index (κ1) is 14.8. The number of hydrogen-bond donors (Lipinski definition) is 2. The number of rotatable bonds is 5. The molecule has 2 aromatic carbocycles. The molecular weight excluding hydrogens is 296 g/mol. The van der Waals surface area contributed by atoms with Crippen LogP contribution in [0.4, 0.5) is 11.4 Å². The molecule has 110 valence electrons. The van der Waals surface area contributed by atoms with Crippen molar-refractivity contribution in [2.45, 2.75) is 5.75 Å². The van der Waals surface area contributed by atoms with E-state index in [4.69, 9.17) is 0 Å². The predicted octanol–water partition coefficient (Wildman–Crippen LogP) is 2.24. The molecule has 0 spiro atoms. The lowest BCUT2D eigenvalue weighted by Gasteiger charge is -2.09. The van der Waals surface area contributed by atoms with E-state index in [1.165, 1.54) is 0 Å². The number of aromatic hydroxyl groups is 1. The number of anilines is 1. The van der Waals surface area contributed by atoms with E-state index in [9.17, 15) is 23.6 Å². The minimum Gasteiger partial charge on any atom is -0.505 e. The predicted molar refractivity (Wildman–Crippen MR) is 77.4 cm³/mol. The fraction of sp³-hybridized carbons (Fsp3) is 0.0769. The molecule has 0 aliphatic rings. The van der Waals surface area contributed by atoms with E-state index in [-0.39, 0.29) is 17.1 Å². The molecule has 0 atom stereocenters.